The van der Waals surface area contributed by atoms with Gasteiger partial charge in [0.1, 0.15) is 0 Å². The second-order valence-electron chi connectivity index (χ2n) is 9.50. The summed E-state index contributed by atoms with van der Waals surface area (Å²) in [6.07, 6.45) is 0. The molecular formula is C25H25N7O3. The Balaban J connectivity index is 1.02. The molecule has 2 aromatic heterocycles. The lowest BCUT2D eigenvalue weighted by Gasteiger charge is -2.59. The standard InChI is InChI=1S/C25H25N7O3/c1-16-19-9-8-18(10-20(19)30(2)28-16)22-27-24(35-29-22)32-14-25(15-32)12-31(13-25)21(33)11-26-23(34)17-6-4-3-5-7-17/h3-10H,11-15H2,1-2H3,(H,26,34). The monoisotopic (exact) mass is 471 g/mol. The Morgan fingerprint density at radius 2 is 1.86 bits per heavy atom. The average Bonchev–Trinajstić information content (AvgIpc) is 3.41. The summed E-state index contributed by atoms with van der Waals surface area (Å²) in [5.74, 6) is 0.231. The van der Waals surface area contributed by atoms with Crippen LogP contribution in [0.15, 0.2) is 53.1 Å². The third-order valence-electron chi connectivity index (χ3n) is 6.87. The van der Waals surface area contributed by atoms with Crippen LogP contribution in [0.3, 0.4) is 0 Å². The van der Waals surface area contributed by atoms with Crippen LogP contribution in [0.1, 0.15) is 16.1 Å². The molecule has 1 N–H and O–H groups in total. The van der Waals surface area contributed by atoms with Gasteiger partial charge in [-0.2, -0.15) is 10.1 Å². The number of likely N-dealkylation sites (tertiary alicyclic amines) is 1. The van der Waals surface area contributed by atoms with Gasteiger partial charge in [0.05, 0.1) is 17.8 Å². The fraction of sp³-hybridized carbons (Fsp3) is 0.320. The SMILES string of the molecule is Cc1nn(C)c2cc(-c3noc(N4CC5(CN(C(=O)CNC(=O)c6ccccc6)C5)C4)n3)ccc12. The van der Waals surface area contributed by atoms with Crippen LogP contribution in [-0.4, -0.2) is 69.4 Å². The molecule has 2 amide bonds. The molecule has 0 unspecified atom stereocenters. The van der Waals surface area contributed by atoms with E-state index in [1.54, 1.807) is 29.2 Å². The summed E-state index contributed by atoms with van der Waals surface area (Å²) < 4.78 is 7.38. The number of benzene rings is 2. The van der Waals surface area contributed by atoms with Crippen molar-refractivity contribution in [2.45, 2.75) is 6.92 Å². The fourth-order valence-corrected chi connectivity index (χ4v) is 5.04. The van der Waals surface area contributed by atoms with Gasteiger partial charge >= 0.3 is 6.01 Å². The molecule has 0 atom stereocenters. The van der Waals surface area contributed by atoms with Crippen LogP contribution in [0, 0.1) is 12.3 Å². The molecule has 0 radical (unpaired) electrons. The topological polar surface area (TPSA) is 109 Å². The first-order valence-corrected chi connectivity index (χ1v) is 11.5. The molecule has 2 fully saturated rings. The maximum Gasteiger partial charge on any atom is 0.324 e. The number of nitrogens with one attached hydrogen (secondary N) is 1. The first kappa shape index (κ1) is 21.3. The summed E-state index contributed by atoms with van der Waals surface area (Å²) >= 11 is 0. The summed E-state index contributed by atoms with van der Waals surface area (Å²) in [5.41, 5.74) is 3.49. The van der Waals surface area contributed by atoms with Gasteiger partial charge in [-0.25, -0.2) is 0 Å². The Kier molecular flexibility index (Phi) is 4.84. The molecule has 0 bridgehead atoms. The van der Waals surface area contributed by atoms with E-state index in [-0.39, 0.29) is 23.8 Å². The highest BCUT2D eigenvalue weighted by Gasteiger charge is 2.54. The molecule has 1 spiro atoms. The highest BCUT2D eigenvalue weighted by Crippen LogP contribution is 2.41. The molecule has 4 aromatic rings. The average molecular weight is 472 g/mol. The molecule has 10 heteroatoms. The number of carbonyl (C=O) groups excluding carboxylic acids is 2. The van der Waals surface area contributed by atoms with Crippen molar-refractivity contribution < 1.29 is 14.1 Å². The van der Waals surface area contributed by atoms with E-state index in [0.717, 1.165) is 35.2 Å². The van der Waals surface area contributed by atoms with E-state index in [2.05, 4.69) is 20.6 Å². The van der Waals surface area contributed by atoms with Crippen LogP contribution in [0.5, 0.6) is 0 Å². The molecule has 2 aliphatic heterocycles. The number of anilines is 1. The van der Waals surface area contributed by atoms with Crippen LogP contribution < -0.4 is 10.2 Å². The number of aryl methyl sites for hydroxylation is 2. The molecule has 2 saturated heterocycles. The van der Waals surface area contributed by atoms with E-state index in [0.29, 0.717) is 30.5 Å². The van der Waals surface area contributed by atoms with Crippen molar-refractivity contribution in [1.82, 2.24) is 30.1 Å². The largest absolute Gasteiger partial charge is 0.343 e. The molecule has 10 nitrogen and oxygen atoms in total. The Morgan fingerprint density at radius 3 is 2.63 bits per heavy atom. The summed E-state index contributed by atoms with van der Waals surface area (Å²) in [4.78, 5) is 33.0. The molecule has 35 heavy (non-hydrogen) atoms. The Hall–Kier alpha value is -4.21. The summed E-state index contributed by atoms with van der Waals surface area (Å²) in [6, 6.07) is 15.4. The highest BCUT2D eigenvalue weighted by atomic mass is 16.5. The molecule has 4 heterocycles. The van der Waals surface area contributed by atoms with Gasteiger partial charge in [0.15, 0.2) is 0 Å². The highest BCUT2D eigenvalue weighted by molar-refractivity contribution is 5.96. The van der Waals surface area contributed by atoms with Crippen LogP contribution in [0.25, 0.3) is 22.3 Å². The van der Waals surface area contributed by atoms with Crippen molar-refractivity contribution >= 4 is 28.7 Å². The normalized spacial score (nSPS) is 16.3. The lowest BCUT2D eigenvalue weighted by atomic mass is 9.73. The van der Waals surface area contributed by atoms with Crippen molar-refractivity contribution in [3.05, 3.63) is 59.8 Å². The quantitative estimate of drug-likeness (QED) is 0.474. The summed E-state index contributed by atoms with van der Waals surface area (Å²) in [7, 11) is 1.92. The zero-order valence-electron chi connectivity index (χ0n) is 19.6. The number of fused-ring (bicyclic) bond motifs is 1. The number of nitrogens with zero attached hydrogens (tertiary/aromatic N) is 6. The number of hydrogen-bond donors (Lipinski definition) is 1. The second kappa shape index (κ2) is 7.93. The van der Waals surface area contributed by atoms with Gasteiger partial charge in [0, 0.05) is 55.2 Å². The van der Waals surface area contributed by atoms with Crippen LogP contribution in [-0.2, 0) is 11.8 Å². The first-order valence-electron chi connectivity index (χ1n) is 11.5. The molecule has 0 aliphatic carbocycles. The fourth-order valence-electron chi connectivity index (χ4n) is 5.04. The number of aromatic nitrogens is 4. The van der Waals surface area contributed by atoms with Gasteiger partial charge in [-0.3, -0.25) is 14.3 Å². The Bertz CT molecular complexity index is 1430. The summed E-state index contributed by atoms with van der Waals surface area (Å²) in [5, 5.41) is 12.4. The van der Waals surface area contributed by atoms with Crippen LogP contribution in [0.2, 0.25) is 0 Å². The minimum atomic E-state index is -0.242. The molecule has 2 aromatic carbocycles. The number of hydrogen-bond acceptors (Lipinski definition) is 7. The minimum absolute atomic E-state index is 0.00106. The van der Waals surface area contributed by atoms with Gasteiger partial charge in [0.25, 0.3) is 5.91 Å². The Morgan fingerprint density at radius 1 is 1.09 bits per heavy atom. The minimum Gasteiger partial charge on any atom is -0.343 e. The number of amides is 2. The number of carbonyl (C=O) groups is 2. The molecule has 0 saturated carbocycles. The van der Waals surface area contributed by atoms with Gasteiger partial charge in [-0.1, -0.05) is 35.5 Å². The molecule has 178 valence electrons. The third-order valence-corrected chi connectivity index (χ3v) is 6.87. The van der Waals surface area contributed by atoms with Crippen LogP contribution >= 0.6 is 0 Å². The number of rotatable bonds is 5. The summed E-state index contributed by atoms with van der Waals surface area (Å²) in [6.45, 7) is 4.84. The lowest BCUT2D eigenvalue weighted by molar-refractivity contribution is -0.144. The lowest BCUT2D eigenvalue weighted by Crippen LogP contribution is -2.73. The molecule has 6 rings (SSSR count). The van der Waals surface area contributed by atoms with Gasteiger partial charge in [-0.15, -0.1) is 0 Å². The van der Waals surface area contributed by atoms with Crippen LogP contribution in [0.4, 0.5) is 6.01 Å². The zero-order valence-corrected chi connectivity index (χ0v) is 19.6. The molecular weight excluding hydrogens is 446 g/mol. The predicted octanol–water partition coefficient (Wildman–Crippen LogP) is 2.01. The van der Waals surface area contributed by atoms with Crippen molar-refractivity contribution in [2.24, 2.45) is 12.5 Å². The maximum atomic E-state index is 12.5. The second-order valence-corrected chi connectivity index (χ2v) is 9.50. The van der Waals surface area contributed by atoms with E-state index in [9.17, 15) is 9.59 Å². The Labute approximate surface area is 201 Å². The van der Waals surface area contributed by atoms with Crippen molar-refractivity contribution in [3.8, 4) is 11.4 Å². The van der Waals surface area contributed by atoms with Gasteiger partial charge in [-0.05, 0) is 25.1 Å². The van der Waals surface area contributed by atoms with Crippen molar-refractivity contribution in [2.75, 3.05) is 37.6 Å². The first-order chi connectivity index (χ1) is 16.9. The van der Waals surface area contributed by atoms with Gasteiger partial charge < -0.3 is 19.6 Å². The predicted molar refractivity (Wildman–Crippen MR) is 129 cm³/mol. The van der Waals surface area contributed by atoms with E-state index < -0.39 is 0 Å². The smallest absolute Gasteiger partial charge is 0.324 e. The van der Waals surface area contributed by atoms with Gasteiger partial charge in [0.2, 0.25) is 11.7 Å². The van der Waals surface area contributed by atoms with E-state index >= 15 is 0 Å². The van der Waals surface area contributed by atoms with E-state index in [1.807, 2.05) is 47.8 Å². The van der Waals surface area contributed by atoms with E-state index in [1.165, 1.54) is 0 Å². The molecule has 2 aliphatic rings. The van der Waals surface area contributed by atoms with E-state index in [4.69, 9.17) is 4.52 Å². The third kappa shape index (κ3) is 3.71. The van der Waals surface area contributed by atoms with Crippen molar-refractivity contribution in [3.63, 3.8) is 0 Å². The van der Waals surface area contributed by atoms with Crippen molar-refractivity contribution in [1.29, 1.82) is 0 Å². The maximum absolute atomic E-state index is 12.5. The zero-order chi connectivity index (χ0) is 24.2.